The lowest BCUT2D eigenvalue weighted by Crippen LogP contribution is -2.00. The normalized spacial score (nSPS) is 16.4. The Labute approximate surface area is 76.7 Å². The summed E-state index contributed by atoms with van der Waals surface area (Å²) in [6.45, 7) is 0. The van der Waals surface area contributed by atoms with Gasteiger partial charge in [-0.15, -0.1) is 0 Å². The molecule has 0 N–H and O–H groups in total. The fourth-order valence-corrected chi connectivity index (χ4v) is 1.71. The average Bonchev–Trinajstić information content (AvgIpc) is 2.75. The van der Waals surface area contributed by atoms with Crippen LogP contribution in [0.3, 0.4) is 0 Å². The van der Waals surface area contributed by atoms with Crippen LogP contribution in [0.4, 0.5) is 5.82 Å². The summed E-state index contributed by atoms with van der Waals surface area (Å²) in [5.74, 6) is 0.0735. The van der Waals surface area contributed by atoms with E-state index in [9.17, 15) is 10.1 Å². The van der Waals surface area contributed by atoms with E-state index in [0.29, 0.717) is 4.73 Å². The Hall–Kier alpha value is -0.910. The first-order chi connectivity index (χ1) is 5.70. The van der Waals surface area contributed by atoms with Crippen LogP contribution in [0.2, 0.25) is 0 Å². The lowest BCUT2D eigenvalue weighted by atomic mass is 10.6. The van der Waals surface area contributed by atoms with Crippen molar-refractivity contribution >= 4 is 21.7 Å². The van der Waals surface area contributed by atoms with Crippen LogP contribution in [0.5, 0.6) is 0 Å². The van der Waals surface area contributed by atoms with Crippen molar-refractivity contribution in [1.82, 2.24) is 9.55 Å². The van der Waals surface area contributed by atoms with Crippen molar-refractivity contribution in [2.24, 2.45) is 0 Å². The van der Waals surface area contributed by atoms with Gasteiger partial charge in [-0.2, -0.15) is 4.57 Å². The highest BCUT2D eigenvalue weighted by Crippen LogP contribution is 2.40. The maximum atomic E-state index is 10.5. The highest BCUT2D eigenvalue weighted by atomic mass is 79.9. The summed E-state index contributed by atoms with van der Waals surface area (Å²) in [6, 6.07) is 0.280. The van der Waals surface area contributed by atoms with Crippen molar-refractivity contribution < 1.29 is 4.92 Å². The monoisotopic (exact) mass is 231 g/mol. The van der Waals surface area contributed by atoms with Gasteiger partial charge < -0.3 is 10.1 Å². The van der Waals surface area contributed by atoms with E-state index in [1.54, 1.807) is 4.57 Å². The Morgan fingerprint density at radius 1 is 1.75 bits per heavy atom. The lowest BCUT2D eigenvalue weighted by molar-refractivity contribution is -0.392. The van der Waals surface area contributed by atoms with E-state index in [1.165, 1.54) is 6.20 Å². The summed E-state index contributed by atoms with van der Waals surface area (Å²) in [4.78, 5) is 13.9. The first-order valence-electron chi connectivity index (χ1n) is 3.57. The highest BCUT2D eigenvalue weighted by molar-refractivity contribution is 9.10. The van der Waals surface area contributed by atoms with Crippen LogP contribution >= 0.6 is 15.9 Å². The van der Waals surface area contributed by atoms with Gasteiger partial charge in [-0.3, -0.25) is 0 Å². The van der Waals surface area contributed by atoms with E-state index in [1.807, 2.05) is 0 Å². The Bertz CT molecular complexity index is 332. The SMILES string of the molecule is O=[N+]([O-])c1cnc(Br)n1C1CC1. The number of nitro groups is 1. The molecule has 0 bridgehead atoms. The van der Waals surface area contributed by atoms with Crippen molar-refractivity contribution in [3.05, 3.63) is 21.0 Å². The van der Waals surface area contributed by atoms with Crippen LogP contribution in [0, 0.1) is 10.1 Å². The average molecular weight is 232 g/mol. The summed E-state index contributed by atoms with van der Waals surface area (Å²) >= 11 is 3.17. The summed E-state index contributed by atoms with van der Waals surface area (Å²) in [7, 11) is 0. The van der Waals surface area contributed by atoms with Crippen LogP contribution in [0.15, 0.2) is 10.9 Å². The Balaban J connectivity index is 2.46. The molecule has 1 saturated carbocycles. The molecule has 12 heavy (non-hydrogen) atoms. The first-order valence-corrected chi connectivity index (χ1v) is 4.36. The molecule has 0 unspecified atom stereocenters. The van der Waals surface area contributed by atoms with Gasteiger partial charge in [0.05, 0.1) is 0 Å². The van der Waals surface area contributed by atoms with Gasteiger partial charge in [0.1, 0.15) is 12.2 Å². The maximum absolute atomic E-state index is 10.5. The third-order valence-corrected chi connectivity index (χ3v) is 2.42. The molecular formula is C6H6BrN3O2. The minimum absolute atomic E-state index is 0.0735. The van der Waals surface area contributed by atoms with Gasteiger partial charge in [-0.1, -0.05) is 0 Å². The van der Waals surface area contributed by atoms with E-state index in [2.05, 4.69) is 20.9 Å². The summed E-state index contributed by atoms with van der Waals surface area (Å²) in [5, 5.41) is 10.5. The Morgan fingerprint density at radius 3 is 2.92 bits per heavy atom. The number of imidazole rings is 1. The molecular weight excluding hydrogens is 226 g/mol. The van der Waals surface area contributed by atoms with Crippen molar-refractivity contribution in [1.29, 1.82) is 0 Å². The second kappa shape index (κ2) is 2.55. The molecule has 1 aromatic rings. The summed E-state index contributed by atoms with van der Waals surface area (Å²) < 4.78 is 2.18. The van der Waals surface area contributed by atoms with Gasteiger partial charge in [0.25, 0.3) is 4.73 Å². The molecule has 1 aliphatic carbocycles. The number of hydrogen-bond acceptors (Lipinski definition) is 3. The van der Waals surface area contributed by atoms with E-state index >= 15 is 0 Å². The predicted octanol–water partition coefficient (Wildman–Crippen LogP) is 1.89. The van der Waals surface area contributed by atoms with E-state index in [0.717, 1.165) is 12.8 Å². The smallest absolute Gasteiger partial charge is 0.343 e. The fourth-order valence-electron chi connectivity index (χ4n) is 1.14. The minimum atomic E-state index is -0.407. The van der Waals surface area contributed by atoms with Crippen molar-refractivity contribution in [3.8, 4) is 0 Å². The molecule has 0 aromatic carbocycles. The zero-order valence-corrected chi connectivity index (χ0v) is 7.69. The molecule has 0 aliphatic heterocycles. The highest BCUT2D eigenvalue weighted by Gasteiger charge is 2.35. The zero-order chi connectivity index (χ0) is 8.72. The molecule has 1 aliphatic rings. The lowest BCUT2D eigenvalue weighted by Gasteiger charge is -1.97. The Kier molecular flexibility index (Phi) is 1.64. The van der Waals surface area contributed by atoms with Crippen LogP contribution in [-0.2, 0) is 0 Å². The molecule has 6 heteroatoms. The first kappa shape index (κ1) is 7.72. The number of nitrogens with zero attached hydrogens (tertiary/aromatic N) is 3. The van der Waals surface area contributed by atoms with Crippen LogP contribution in [-0.4, -0.2) is 14.5 Å². The standard InChI is InChI=1S/C6H6BrN3O2/c7-6-8-3-5(10(11)12)9(6)4-1-2-4/h3-4H,1-2H2. The van der Waals surface area contributed by atoms with Gasteiger partial charge in [-0.25, -0.2) is 4.98 Å². The largest absolute Gasteiger partial charge is 0.358 e. The van der Waals surface area contributed by atoms with Crippen molar-refractivity contribution in [2.45, 2.75) is 18.9 Å². The number of rotatable bonds is 2. The Morgan fingerprint density at radius 2 is 2.42 bits per heavy atom. The molecule has 0 saturated heterocycles. The molecule has 1 heterocycles. The van der Waals surface area contributed by atoms with Gasteiger partial charge in [0, 0.05) is 15.9 Å². The van der Waals surface area contributed by atoms with E-state index in [4.69, 9.17) is 0 Å². The van der Waals surface area contributed by atoms with E-state index < -0.39 is 4.92 Å². The number of halogens is 1. The topological polar surface area (TPSA) is 61.0 Å². The number of aromatic nitrogens is 2. The van der Waals surface area contributed by atoms with Crippen molar-refractivity contribution in [3.63, 3.8) is 0 Å². The van der Waals surface area contributed by atoms with Crippen LogP contribution < -0.4 is 0 Å². The van der Waals surface area contributed by atoms with Gasteiger partial charge >= 0.3 is 5.82 Å². The second-order valence-electron chi connectivity index (χ2n) is 2.74. The molecule has 0 spiro atoms. The summed E-state index contributed by atoms with van der Waals surface area (Å²) in [5.41, 5.74) is 0. The fraction of sp³-hybridized carbons (Fsp3) is 0.500. The quantitative estimate of drug-likeness (QED) is 0.577. The molecule has 0 radical (unpaired) electrons. The summed E-state index contributed by atoms with van der Waals surface area (Å²) in [6.07, 6.45) is 3.30. The molecule has 64 valence electrons. The van der Waals surface area contributed by atoms with Crippen LogP contribution in [0.1, 0.15) is 18.9 Å². The number of hydrogen-bond donors (Lipinski definition) is 0. The van der Waals surface area contributed by atoms with Crippen LogP contribution in [0.25, 0.3) is 0 Å². The minimum Gasteiger partial charge on any atom is -0.358 e. The molecule has 1 aromatic heterocycles. The molecule has 0 atom stereocenters. The predicted molar refractivity (Wildman–Crippen MR) is 44.9 cm³/mol. The molecule has 1 fully saturated rings. The molecule has 0 amide bonds. The van der Waals surface area contributed by atoms with Gasteiger partial charge in [-0.05, 0) is 17.8 Å². The second-order valence-corrected chi connectivity index (χ2v) is 3.45. The maximum Gasteiger partial charge on any atom is 0.343 e. The zero-order valence-electron chi connectivity index (χ0n) is 6.11. The van der Waals surface area contributed by atoms with Gasteiger partial charge in [0.15, 0.2) is 0 Å². The van der Waals surface area contributed by atoms with Crippen molar-refractivity contribution in [2.75, 3.05) is 0 Å². The van der Waals surface area contributed by atoms with Gasteiger partial charge in [0.2, 0.25) is 0 Å². The van der Waals surface area contributed by atoms with E-state index in [-0.39, 0.29) is 11.9 Å². The molecule has 2 rings (SSSR count). The molecule has 5 nitrogen and oxygen atoms in total. The third-order valence-electron chi connectivity index (χ3n) is 1.83. The third kappa shape index (κ3) is 1.12.